The van der Waals surface area contributed by atoms with Crippen LogP contribution in [0.25, 0.3) is 0 Å². The summed E-state index contributed by atoms with van der Waals surface area (Å²) in [6, 6.07) is 4.03. The van der Waals surface area contributed by atoms with Crippen molar-refractivity contribution in [1.82, 2.24) is 14.8 Å². The molecule has 5 nitrogen and oxygen atoms in total. The van der Waals surface area contributed by atoms with E-state index in [4.69, 9.17) is 0 Å². The molecule has 1 aliphatic carbocycles. The number of aliphatic imine (C=N–C) groups is 1. The Hall–Kier alpha value is -1.47. The van der Waals surface area contributed by atoms with Crippen molar-refractivity contribution >= 4 is 40.5 Å². The van der Waals surface area contributed by atoms with Gasteiger partial charge in [-0.1, -0.05) is 24.8 Å². The van der Waals surface area contributed by atoms with Gasteiger partial charge in [0.25, 0.3) is 0 Å². The molecule has 0 radical (unpaired) electrons. The average molecular weight is 332 g/mol. The molecule has 0 bridgehead atoms. The van der Waals surface area contributed by atoms with E-state index < -0.39 is 0 Å². The van der Waals surface area contributed by atoms with Gasteiger partial charge in [0.1, 0.15) is 11.8 Å². The molecule has 2 aromatic heterocycles. The second kappa shape index (κ2) is 5.62. The van der Waals surface area contributed by atoms with Crippen LogP contribution in [0.5, 0.6) is 0 Å². The van der Waals surface area contributed by atoms with Crippen LogP contribution in [0.3, 0.4) is 0 Å². The Morgan fingerprint density at radius 1 is 1.45 bits per heavy atom. The number of Topliss-reactive ketones (excluding diaryl/α,β-unsaturated/α-hetero) is 1. The zero-order valence-electron chi connectivity index (χ0n) is 12.2. The number of carbonyl (C=O) groups is 1. The summed E-state index contributed by atoms with van der Waals surface area (Å²) in [5.74, 6) is 1.69. The zero-order chi connectivity index (χ0) is 15.1. The van der Waals surface area contributed by atoms with Crippen molar-refractivity contribution in [3.05, 3.63) is 22.4 Å². The fraction of sp³-hybridized carbons (Fsp3) is 0.467. The number of fused-ring (bicyclic) bond motifs is 2. The highest BCUT2D eigenvalue weighted by Gasteiger charge is 2.42. The number of thioether (sulfide) groups is 1. The van der Waals surface area contributed by atoms with Gasteiger partial charge in [-0.25, -0.2) is 9.67 Å². The summed E-state index contributed by atoms with van der Waals surface area (Å²) in [5.41, 5.74) is 0.989. The predicted molar refractivity (Wildman–Crippen MR) is 88.3 cm³/mol. The fourth-order valence-electron chi connectivity index (χ4n) is 3.19. The summed E-state index contributed by atoms with van der Waals surface area (Å²) in [7, 11) is 0. The van der Waals surface area contributed by atoms with Crippen LogP contribution in [0.2, 0.25) is 0 Å². The quantitative estimate of drug-likeness (QED) is 0.807. The summed E-state index contributed by atoms with van der Waals surface area (Å²) >= 11 is 3.28. The van der Waals surface area contributed by atoms with Gasteiger partial charge in [-0.05, 0) is 30.0 Å². The number of thiophene rings is 1. The van der Waals surface area contributed by atoms with Crippen molar-refractivity contribution in [2.24, 2.45) is 10.9 Å². The Kier molecular flexibility index (Phi) is 3.62. The standard InChI is InChI=1S/C15H16N4OS2/c1-2-21-15-17-14-16-9-5-3-6-10(20)12(9)13(19(14)18-15)11-7-4-8-22-11/h4,7-8,12-13H,2-3,5-6H2,1H3. The third kappa shape index (κ3) is 2.23. The van der Waals surface area contributed by atoms with Crippen molar-refractivity contribution in [1.29, 1.82) is 0 Å². The van der Waals surface area contributed by atoms with E-state index in [0.29, 0.717) is 12.4 Å². The fourth-order valence-corrected chi connectivity index (χ4v) is 4.58. The van der Waals surface area contributed by atoms with E-state index in [2.05, 4.69) is 28.1 Å². The molecule has 4 rings (SSSR count). The van der Waals surface area contributed by atoms with Crippen LogP contribution in [0.1, 0.15) is 37.1 Å². The predicted octanol–water partition coefficient (Wildman–Crippen LogP) is 3.50. The number of rotatable bonds is 3. The largest absolute Gasteiger partial charge is 0.299 e. The Labute approximate surface area is 136 Å². The summed E-state index contributed by atoms with van der Waals surface area (Å²) in [5, 5.41) is 7.41. The Morgan fingerprint density at radius 3 is 3.14 bits per heavy atom. The summed E-state index contributed by atoms with van der Waals surface area (Å²) in [4.78, 5) is 22.9. The lowest BCUT2D eigenvalue weighted by Crippen LogP contribution is -2.39. The lowest BCUT2D eigenvalue weighted by Gasteiger charge is -2.33. The zero-order valence-corrected chi connectivity index (χ0v) is 13.9. The van der Waals surface area contributed by atoms with Crippen LogP contribution < -0.4 is 0 Å². The molecule has 1 aliphatic heterocycles. The van der Waals surface area contributed by atoms with Crippen LogP contribution in [0.4, 0.5) is 5.95 Å². The van der Waals surface area contributed by atoms with Crippen LogP contribution in [0.15, 0.2) is 27.7 Å². The molecule has 2 atom stereocenters. The van der Waals surface area contributed by atoms with Crippen molar-refractivity contribution in [3.8, 4) is 0 Å². The van der Waals surface area contributed by atoms with E-state index in [0.717, 1.165) is 34.3 Å². The van der Waals surface area contributed by atoms with E-state index in [1.807, 2.05) is 16.1 Å². The molecule has 22 heavy (non-hydrogen) atoms. The van der Waals surface area contributed by atoms with Gasteiger partial charge in [0.2, 0.25) is 11.1 Å². The van der Waals surface area contributed by atoms with E-state index in [9.17, 15) is 4.79 Å². The topological polar surface area (TPSA) is 60.1 Å². The second-order valence-corrected chi connectivity index (χ2v) is 7.64. The lowest BCUT2D eigenvalue weighted by atomic mass is 9.79. The van der Waals surface area contributed by atoms with Crippen molar-refractivity contribution in [3.63, 3.8) is 0 Å². The highest BCUT2D eigenvalue weighted by molar-refractivity contribution is 7.99. The van der Waals surface area contributed by atoms with Gasteiger partial charge < -0.3 is 0 Å². The van der Waals surface area contributed by atoms with E-state index in [1.54, 1.807) is 23.1 Å². The molecule has 114 valence electrons. The third-order valence-electron chi connectivity index (χ3n) is 4.09. The maximum atomic E-state index is 12.5. The third-order valence-corrected chi connectivity index (χ3v) is 5.75. The molecule has 1 saturated carbocycles. The smallest absolute Gasteiger partial charge is 0.249 e. The Balaban J connectivity index is 1.86. The minimum absolute atomic E-state index is 0.0750. The SMILES string of the molecule is CCSc1nc2n(n1)C(c1cccs1)C1C(=O)CCCC1=N2. The maximum absolute atomic E-state index is 12.5. The van der Waals surface area contributed by atoms with Crippen molar-refractivity contribution in [2.75, 3.05) is 5.75 Å². The highest BCUT2D eigenvalue weighted by atomic mass is 32.2. The Bertz CT molecular complexity index is 735. The van der Waals surface area contributed by atoms with Gasteiger partial charge in [0.15, 0.2) is 0 Å². The molecule has 2 aliphatic rings. The van der Waals surface area contributed by atoms with Crippen LogP contribution in [-0.2, 0) is 4.79 Å². The first-order valence-corrected chi connectivity index (χ1v) is 9.37. The molecule has 7 heteroatoms. The normalized spacial score (nSPS) is 23.9. The van der Waals surface area contributed by atoms with Crippen LogP contribution in [-0.4, -0.2) is 32.0 Å². The van der Waals surface area contributed by atoms with E-state index in [1.165, 1.54) is 0 Å². The number of ketones is 1. The van der Waals surface area contributed by atoms with Gasteiger partial charge in [0.05, 0.1) is 5.92 Å². The van der Waals surface area contributed by atoms with Gasteiger partial charge in [0, 0.05) is 17.0 Å². The molecule has 0 saturated heterocycles. The molecular weight excluding hydrogens is 316 g/mol. The number of aromatic nitrogens is 3. The van der Waals surface area contributed by atoms with Crippen molar-refractivity contribution < 1.29 is 4.79 Å². The summed E-state index contributed by atoms with van der Waals surface area (Å²) in [6.45, 7) is 2.08. The van der Waals surface area contributed by atoms with Gasteiger partial charge >= 0.3 is 0 Å². The molecule has 1 fully saturated rings. The number of hydrogen-bond acceptors (Lipinski definition) is 6. The number of hydrogen-bond donors (Lipinski definition) is 0. The molecule has 0 amide bonds. The second-order valence-electron chi connectivity index (χ2n) is 5.43. The first kappa shape index (κ1) is 14.1. The average Bonchev–Trinajstić information content (AvgIpc) is 3.14. The first-order chi connectivity index (χ1) is 10.8. The first-order valence-electron chi connectivity index (χ1n) is 7.51. The number of nitrogens with zero attached hydrogens (tertiary/aromatic N) is 4. The lowest BCUT2D eigenvalue weighted by molar-refractivity contribution is -0.122. The van der Waals surface area contributed by atoms with E-state index in [-0.39, 0.29) is 17.7 Å². The molecule has 0 N–H and O–H groups in total. The Morgan fingerprint density at radius 2 is 2.36 bits per heavy atom. The molecular formula is C15H16N4OS2. The molecule has 0 spiro atoms. The molecule has 0 aromatic carbocycles. The van der Waals surface area contributed by atoms with Gasteiger partial charge in [-0.3, -0.25) is 4.79 Å². The van der Waals surface area contributed by atoms with Crippen molar-refractivity contribution in [2.45, 2.75) is 37.4 Å². The number of carbonyl (C=O) groups excluding carboxylic acids is 1. The molecule has 3 heterocycles. The van der Waals surface area contributed by atoms with Crippen LogP contribution in [0, 0.1) is 5.92 Å². The maximum Gasteiger partial charge on any atom is 0.249 e. The minimum Gasteiger partial charge on any atom is -0.299 e. The summed E-state index contributed by atoms with van der Waals surface area (Å²) < 4.78 is 1.86. The molecule has 2 aromatic rings. The van der Waals surface area contributed by atoms with Gasteiger partial charge in [-0.15, -0.1) is 16.4 Å². The monoisotopic (exact) mass is 332 g/mol. The van der Waals surface area contributed by atoms with Gasteiger partial charge in [-0.2, -0.15) is 4.98 Å². The van der Waals surface area contributed by atoms with Crippen LogP contribution >= 0.6 is 23.1 Å². The molecule has 2 unspecified atom stereocenters. The summed E-state index contributed by atoms with van der Waals surface area (Å²) in [6.07, 6.45) is 2.43. The minimum atomic E-state index is -0.166. The van der Waals surface area contributed by atoms with E-state index >= 15 is 0 Å². The highest BCUT2D eigenvalue weighted by Crippen LogP contribution is 2.41.